The van der Waals surface area contributed by atoms with E-state index in [-0.39, 0.29) is 23.5 Å². The second-order valence-corrected chi connectivity index (χ2v) is 5.66. The lowest BCUT2D eigenvalue weighted by Crippen LogP contribution is -2.46. The summed E-state index contributed by atoms with van der Waals surface area (Å²) >= 11 is 1.08. The average molecular weight is 315 g/mol. The van der Waals surface area contributed by atoms with Gasteiger partial charge in [-0.15, -0.1) is 11.3 Å². The lowest BCUT2D eigenvalue weighted by Gasteiger charge is -2.27. The first kappa shape index (κ1) is 17.4. The first-order valence-electron chi connectivity index (χ1n) is 6.63. The summed E-state index contributed by atoms with van der Waals surface area (Å²) in [6, 6.07) is -0.251. The highest BCUT2D eigenvalue weighted by molar-refractivity contribution is 7.13. The van der Waals surface area contributed by atoms with Gasteiger partial charge in [-0.2, -0.15) is 0 Å². The molecule has 0 aliphatic heterocycles. The van der Waals surface area contributed by atoms with Gasteiger partial charge < -0.3 is 20.1 Å². The van der Waals surface area contributed by atoms with Crippen LogP contribution in [0.4, 0.5) is 4.79 Å². The van der Waals surface area contributed by atoms with E-state index in [4.69, 9.17) is 9.84 Å². The fraction of sp³-hybridized carbons (Fsp3) is 0.615. The smallest absolute Gasteiger partial charge is 0.347 e. The number of carbonyl (C=O) groups is 2. The number of hydrogen-bond acceptors (Lipinski definition) is 5. The number of methoxy groups -OCH3 is 1. The van der Waals surface area contributed by atoms with E-state index < -0.39 is 5.97 Å². The number of nitrogens with zero attached hydrogens (tertiary/aromatic N) is 2. The van der Waals surface area contributed by atoms with Crippen molar-refractivity contribution in [2.75, 3.05) is 20.3 Å². The Morgan fingerprint density at radius 1 is 1.52 bits per heavy atom. The SMILES string of the molecule is CCN(C(=O)NCc1nc(C)c(C(=O)O)s1)C(C)COC. The third-order valence-electron chi connectivity index (χ3n) is 2.97. The van der Waals surface area contributed by atoms with Gasteiger partial charge in [-0.05, 0) is 20.8 Å². The molecule has 1 unspecified atom stereocenters. The minimum Gasteiger partial charge on any atom is -0.477 e. The maximum Gasteiger partial charge on any atom is 0.347 e. The molecule has 0 aliphatic carbocycles. The monoisotopic (exact) mass is 315 g/mol. The van der Waals surface area contributed by atoms with Crippen LogP contribution in [0.5, 0.6) is 0 Å². The molecule has 7 nitrogen and oxygen atoms in total. The lowest BCUT2D eigenvalue weighted by molar-refractivity contribution is 0.0701. The molecule has 0 fully saturated rings. The van der Waals surface area contributed by atoms with Crippen molar-refractivity contribution in [2.24, 2.45) is 0 Å². The molecule has 0 saturated heterocycles. The maximum atomic E-state index is 12.1. The molecule has 2 amide bonds. The summed E-state index contributed by atoms with van der Waals surface area (Å²) in [5, 5.41) is 12.3. The summed E-state index contributed by atoms with van der Waals surface area (Å²) in [6.45, 7) is 6.68. The number of aryl methyl sites for hydroxylation is 1. The second kappa shape index (κ2) is 7.94. The van der Waals surface area contributed by atoms with Gasteiger partial charge in [-0.1, -0.05) is 0 Å². The number of aromatic nitrogens is 1. The molecule has 1 aromatic rings. The third-order valence-corrected chi connectivity index (χ3v) is 4.11. The Bertz CT molecular complexity index is 504. The van der Waals surface area contributed by atoms with Crippen molar-refractivity contribution in [1.29, 1.82) is 0 Å². The van der Waals surface area contributed by atoms with Crippen LogP contribution in [-0.4, -0.2) is 53.3 Å². The van der Waals surface area contributed by atoms with Crippen molar-refractivity contribution in [3.05, 3.63) is 15.6 Å². The normalized spacial score (nSPS) is 12.0. The van der Waals surface area contributed by atoms with Crippen molar-refractivity contribution in [1.82, 2.24) is 15.2 Å². The summed E-state index contributed by atoms with van der Waals surface area (Å²) in [5.74, 6) is -0.994. The van der Waals surface area contributed by atoms with Gasteiger partial charge in [0.05, 0.1) is 24.9 Å². The Morgan fingerprint density at radius 3 is 2.67 bits per heavy atom. The summed E-state index contributed by atoms with van der Waals surface area (Å²) in [5.41, 5.74) is 0.469. The number of ether oxygens (including phenoxy) is 1. The van der Waals surface area contributed by atoms with Crippen molar-refractivity contribution in [3.8, 4) is 0 Å². The van der Waals surface area contributed by atoms with Crippen LogP contribution in [0, 0.1) is 6.92 Å². The van der Waals surface area contributed by atoms with Crippen molar-refractivity contribution in [2.45, 2.75) is 33.4 Å². The minimum absolute atomic E-state index is 0.0346. The van der Waals surface area contributed by atoms with Gasteiger partial charge in [0.15, 0.2) is 0 Å². The van der Waals surface area contributed by atoms with Gasteiger partial charge in [-0.25, -0.2) is 14.6 Å². The Labute approximate surface area is 127 Å². The third kappa shape index (κ3) is 4.68. The van der Waals surface area contributed by atoms with Gasteiger partial charge in [0, 0.05) is 13.7 Å². The highest BCUT2D eigenvalue weighted by Crippen LogP contribution is 2.17. The van der Waals surface area contributed by atoms with Gasteiger partial charge >= 0.3 is 12.0 Å². The topological polar surface area (TPSA) is 91.8 Å². The van der Waals surface area contributed by atoms with E-state index in [1.54, 1.807) is 18.9 Å². The number of rotatable bonds is 7. The van der Waals surface area contributed by atoms with Gasteiger partial charge in [-0.3, -0.25) is 0 Å². The van der Waals surface area contributed by atoms with Crippen LogP contribution in [0.1, 0.15) is 34.2 Å². The molecule has 8 heteroatoms. The van der Waals surface area contributed by atoms with E-state index >= 15 is 0 Å². The van der Waals surface area contributed by atoms with E-state index in [9.17, 15) is 9.59 Å². The highest BCUT2D eigenvalue weighted by Gasteiger charge is 2.19. The first-order valence-corrected chi connectivity index (χ1v) is 7.45. The molecule has 0 aliphatic rings. The molecule has 2 N–H and O–H groups in total. The fourth-order valence-electron chi connectivity index (χ4n) is 1.97. The number of carboxylic acids is 1. The molecule has 1 rings (SSSR count). The van der Waals surface area contributed by atoms with Crippen LogP contribution in [0.25, 0.3) is 0 Å². The minimum atomic E-state index is -0.994. The number of nitrogens with one attached hydrogen (secondary N) is 1. The number of likely N-dealkylation sites (N-methyl/N-ethyl adjacent to an activating group) is 1. The van der Waals surface area contributed by atoms with E-state index in [2.05, 4.69) is 10.3 Å². The Balaban J connectivity index is 2.63. The van der Waals surface area contributed by atoms with Crippen molar-refractivity contribution >= 4 is 23.3 Å². The zero-order valence-electron chi connectivity index (χ0n) is 12.7. The Hall–Kier alpha value is -1.67. The van der Waals surface area contributed by atoms with Gasteiger partial charge in [0.2, 0.25) is 0 Å². The first-order chi connectivity index (χ1) is 9.90. The van der Waals surface area contributed by atoms with Crippen LogP contribution < -0.4 is 5.32 Å². The molecule has 0 aromatic carbocycles. The largest absolute Gasteiger partial charge is 0.477 e. The highest BCUT2D eigenvalue weighted by atomic mass is 32.1. The van der Waals surface area contributed by atoms with E-state index in [1.807, 2.05) is 13.8 Å². The van der Waals surface area contributed by atoms with Crippen LogP contribution in [-0.2, 0) is 11.3 Å². The number of hydrogen-bond donors (Lipinski definition) is 2. The number of carbonyl (C=O) groups excluding carboxylic acids is 1. The summed E-state index contributed by atoms with van der Waals surface area (Å²) in [4.78, 5) is 29.1. The van der Waals surface area contributed by atoms with Crippen LogP contribution in [0.3, 0.4) is 0 Å². The molecule has 1 aromatic heterocycles. The van der Waals surface area contributed by atoms with Gasteiger partial charge in [0.25, 0.3) is 0 Å². The predicted octanol–water partition coefficient (Wildman–Crippen LogP) is 1.72. The van der Waals surface area contributed by atoms with Crippen LogP contribution in [0.2, 0.25) is 0 Å². The summed E-state index contributed by atoms with van der Waals surface area (Å²) in [6.07, 6.45) is 0. The molecular weight excluding hydrogens is 294 g/mol. The number of carboxylic acid groups (broad SMARTS) is 1. The summed E-state index contributed by atoms with van der Waals surface area (Å²) in [7, 11) is 1.59. The van der Waals surface area contributed by atoms with E-state index in [1.165, 1.54) is 0 Å². The molecule has 1 heterocycles. The molecule has 0 spiro atoms. The average Bonchev–Trinajstić information content (AvgIpc) is 2.79. The van der Waals surface area contributed by atoms with Crippen molar-refractivity contribution < 1.29 is 19.4 Å². The molecule has 0 bridgehead atoms. The number of aromatic carboxylic acids is 1. The fourth-order valence-corrected chi connectivity index (χ4v) is 2.81. The molecule has 1 atom stereocenters. The van der Waals surface area contributed by atoms with Crippen molar-refractivity contribution in [3.63, 3.8) is 0 Å². The zero-order valence-corrected chi connectivity index (χ0v) is 13.5. The lowest BCUT2D eigenvalue weighted by atomic mass is 10.3. The molecule has 0 radical (unpaired) electrons. The number of amides is 2. The van der Waals surface area contributed by atoms with Crippen LogP contribution >= 0.6 is 11.3 Å². The van der Waals surface area contributed by atoms with Gasteiger partial charge in [0.1, 0.15) is 9.88 Å². The standard InChI is InChI=1S/C13H21N3O4S/c1-5-16(8(2)7-20-4)13(19)14-6-10-15-9(3)11(21-10)12(17)18/h8H,5-7H2,1-4H3,(H,14,19)(H,17,18). The van der Waals surface area contributed by atoms with Crippen LogP contribution in [0.15, 0.2) is 0 Å². The molecule has 21 heavy (non-hydrogen) atoms. The zero-order chi connectivity index (χ0) is 16.0. The maximum absolute atomic E-state index is 12.1. The summed E-state index contributed by atoms with van der Waals surface area (Å²) < 4.78 is 5.05. The molecule has 118 valence electrons. The Kier molecular flexibility index (Phi) is 6.57. The quantitative estimate of drug-likeness (QED) is 0.799. The Morgan fingerprint density at radius 2 is 2.19 bits per heavy atom. The van der Waals surface area contributed by atoms with E-state index in [0.29, 0.717) is 23.9 Å². The van der Waals surface area contributed by atoms with E-state index in [0.717, 1.165) is 11.3 Å². The second-order valence-electron chi connectivity index (χ2n) is 4.58. The number of thiazole rings is 1. The molecule has 0 saturated carbocycles. The molecular formula is C13H21N3O4S. The predicted molar refractivity (Wildman–Crippen MR) is 79.8 cm³/mol. The number of urea groups is 1.